The van der Waals surface area contributed by atoms with Crippen LogP contribution in [0, 0.1) is 6.92 Å². The highest BCUT2D eigenvalue weighted by atomic mass is 15.2. The van der Waals surface area contributed by atoms with E-state index < -0.39 is 0 Å². The Morgan fingerprint density at radius 2 is 2.00 bits per heavy atom. The van der Waals surface area contributed by atoms with Gasteiger partial charge < -0.3 is 10.6 Å². The molecule has 2 aromatic rings. The van der Waals surface area contributed by atoms with Crippen LogP contribution in [0.5, 0.6) is 0 Å². The van der Waals surface area contributed by atoms with Gasteiger partial charge in [0.05, 0.1) is 0 Å². The quantitative estimate of drug-likeness (QED) is 0.873. The number of aryl methyl sites for hydroxylation is 1. The van der Waals surface area contributed by atoms with Gasteiger partial charge in [0.25, 0.3) is 0 Å². The molecule has 0 aliphatic carbocycles. The van der Waals surface area contributed by atoms with E-state index in [1.807, 2.05) is 49.2 Å². The molecule has 0 atom stereocenters. The average molecular weight is 228 g/mol. The van der Waals surface area contributed by atoms with Gasteiger partial charge in [-0.1, -0.05) is 18.2 Å². The maximum absolute atomic E-state index is 5.74. The molecule has 1 heterocycles. The van der Waals surface area contributed by atoms with Gasteiger partial charge in [-0.3, -0.25) is 0 Å². The fraction of sp³-hybridized carbons (Fsp3) is 0.231. The number of nitrogens with zero attached hydrogens (tertiary/aromatic N) is 3. The lowest BCUT2D eigenvalue weighted by atomic mass is 10.1. The van der Waals surface area contributed by atoms with Crippen LogP contribution >= 0.6 is 0 Å². The summed E-state index contributed by atoms with van der Waals surface area (Å²) in [4.78, 5) is 10.4. The van der Waals surface area contributed by atoms with Crippen molar-refractivity contribution in [1.29, 1.82) is 0 Å². The SMILES string of the molecule is Cc1cc(N(C)c2ccccc2CN)ncn1. The summed E-state index contributed by atoms with van der Waals surface area (Å²) in [6, 6.07) is 10.0. The molecule has 0 amide bonds. The maximum Gasteiger partial charge on any atom is 0.136 e. The van der Waals surface area contributed by atoms with E-state index in [0.29, 0.717) is 6.54 Å². The summed E-state index contributed by atoms with van der Waals surface area (Å²) in [5.74, 6) is 0.874. The maximum atomic E-state index is 5.74. The zero-order valence-corrected chi connectivity index (χ0v) is 10.1. The van der Waals surface area contributed by atoms with E-state index in [2.05, 4.69) is 9.97 Å². The van der Waals surface area contributed by atoms with Gasteiger partial charge in [-0.15, -0.1) is 0 Å². The van der Waals surface area contributed by atoms with E-state index in [4.69, 9.17) is 5.73 Å². The van der Waals surface area contributed by atoms with Crippen LogP contribution in [0.1, 0.15) is 11.3 Å². The highest BCUT2D eigenvalue weighted by molar-refractivity contribution is 5.63. The lowest BCUT2D eigenvalue weighted by Gasteiger charge is -2.21. The van der Waals surface area contributed by atoms with E-state index in [-0.39, 0.29) is 0 Å². The predicted molar refractivity (Wildman–Crippen MR) is 69.2 cm³/mol. The lowest BCUT2D eigenvalue weighted by molar-refractivity contribution is 1.01. The Balaban J connectivity index is 2.40. The second-order valence-corrected chi connectivity index (χ2v) is 3.91. The Labute approximate surface area is 101 Å². The number of aromatic nitrogens is 2. The van der Waals surface area contributed by atoms with Crippen molar-refractivity contribution in [3.05, 3.63) is 47.9 Å². The smallest absolute Gasteiger partial charge is 0.136 e. The van der Waals surface area contributed by atoms with E-state index in [9.17, 15) is 0 Å². The van der Waals surface area contributed by atoms with Gasteiger partial charge in [-0.05, 0) is 18.6 Å². The van der Waals surface area contributed by atoms with Gasteiger partial charge in [-0.2, -0.15) is 0 Å². The van der Waals surface area contributed by atoms with Crippen molar-refractivity contribution in [2.45, 2.75) is 13.5 Å². The summed E-state index contributed by atoms with van der Waals surface area (Å²) in [7, 11) is 1.98. The molecule has 2 N–H and O–H groups in total. The van der Waals surface area contributed by atoms with Crippen molar-refractivity contribution in [2.24, 2.45) is 5.73 Å². The summed E-state index contributed by atoms with van der Waals surface area (Å²) in [6.45, 7) is 2.47. The van der Waals surface area contributed by atoms with E-state index >= 15 is 0 Å². The molecule has 2 rings (SSSR count). The first-order chi connectivity index (χ1) is 8.22. The van der Waals surface area contributed by atoms with E-state index in [1.54, 1.807) is 6.33 Å². The molecule has 0 bridgehead atoms. The first-order valence-corrected chi connectivity index (χ1v) is 5.52. The Bertz CT molecular complexity index is 510. The molecule has 1 aromatic carbocycles. The van der Waals surface area contributed by atoms with Crippen molar-refractivity contribution in [3.8, 4) is 0 Å². The zero-order chi connectivity index (χ0) is 12.3. The highest BCUT2D eigenvalue weighted by Crippen LogP contribution is 2.25. The molecular formula is C13H16N4. The van der Waals surface area contributed by atoms with E-state index in [1.165, 1.54) is 0 Å². The molecule has 0 saturated heterocycles. The third-order valence-corrected chi connectivity index (χ3v) is 2.71. The van der Waals surface area contributed by atoms with Gasteiger partial charge in [0.2, 0.25) is 0 Å². The molecule has 1 aromatic heterocycles. The molecule has 0 spiro atoms. The van der Waals surface area contributed by atoms with Crippen LogP contribution in [0.25, 0.3) is 0 Å². The van der Waals surface area contributed by atoms with Crippen LogP contribution in [-0.2, 0) is 6.54 Å². The Hall–Kier alpha value is -1.94. The standard InChI is InChI=1S/C13H16N4/c1-10-7-13(16-9-15-10)17(2)12-6-4-3-5-11(12)8-14/h3-7,9H,8,14H2,1-2H3. The zero-order valence-electron chi connectivity index (χ0n) is 10.1. The van der Waals surface area contributed by atoms with Crippen LogP contribution in [0.2, 0.25) is 0 Å². The number of nitrogens with two attached hydrogens (primary N) is 1. The van der Waals surface area contributed by atoms with Crippen molar-refractivity contribution in [1.82, 2.24) is 9.97 Å². The number of anilines is 2. The largest absolute Gasteiger partial charge is 0.329 e. The first kappa shape index (κ1) is 11.5. The Kier molecular flexibility index (Phi) is 3.35. The summed E-state index contributed by atoms with van der Waals surface area (Å²) in [6.07, 6.45) is 1.58. The molecule has 0 unspecified atom stereocenters. The van der Waals surface area contributed by atoms with Gasteiger partial charge in [0.15, 0.2) is 0 Å². The van der Waals surface area contributed by atoms with Gasteiger partial charge in [-0.25, -0.2) is 9.97 Å². The summed E-state index contributed by atoms with van der Waals surface area (Å²) in [5, 5.41) is 0. The minimum Gasteiger partial charge on any atom is -0.329 e. The Morgan fingerprint density at radius 1 is 1.24 bits per heavy atom. The summed E-state index contributed by atoms with van der Waals surface area (Å²) in [5.41, 5.74) is 8.87. The van der Waals surface area contributed by atoms with E-state index in [0.717, 1.165) is 22.8 Å². The summed E-state index contributed by atoms with van der Waals surface area (Å²) >= 11 is 0. The van der Waals surface area contributed by atoms with Gasteiger partial charge >= 0.3 is 0 Å². The second kappa shape index (κ2) is 4.93. The van der Waals surface area contributed by atoms with Crippen LogP contribution < -0.4 is 10.6 Å². The molecule has 0 aliphatic heterocycles. The molecule has 4 nitrogen and oxygen atoms in total. The van der Waals surface area contributed by atoms with Crippen LogP contribution in [0.4, 0.5) is 11.5 Å². The van der Waals surface area contributed by atoms with Crippen LogP contribution in [0.15, 0.2) is 36.7 Å². The fourth-order valence-electron chi connectivity index (χ4n) is 1.76. The fourth-order valence-corrected chi connectivity index (χ4v) is 1.76. The Morgan fingerprint density at radius 3 is 2.71 bits per heavy atom. The highest BCUT2D eigenvalue weighted by Gasteiger charge is 2.08. The van der Waals surface area contributed by atoms with Gasteiger partial charge in [0.1, 0.15) is 12.1 Å². The lowest BCUT2D eigenvalue weighted by Crippen LogP contribution is -2.14. The minimum atomic E-state index is 0.518. The number of para-hydroxylation sites is 1. The molecular weight excluding hydrogens is 212 g/mol. The van der Waals surface area contributed by atoms with Crippen LogP contribution in [-0.4, -0.2) is 17.0 Å². The van der Waals surface area contributed by atoms with Crippen molar-refractivity contribution < 1.29 is 0 Å². The molecule has 0 aliphatic rings. The summed E-state index contributed by atoms with van der Waals surface area (Å²) < 4.78 is 0. The molecule has 17 heavy (non-hydrogen) atoms. The molecule has 0 radical (unpaired) electrons. The molecule has 88 valence electrons. The average Bonchev–Trinajstić information content (AvgIpc) is 2.38. The van der Waals surface area contributed by atoms with Crippen LogP contribution in [0.3, 0.4) is 0 Å². The first-order valence-electron chi connectivity index (χ1n) is 5.52. The monoisotopic (exact) mass is 228 g/mol. The third-order valence-electron chi connectivity index (χ3n) is 2.71. The number of rotatable bonds is 3. The topological polar surface area (TPSA) is 55.0 Å². The molecule has 0 saturated carbocycles. The second-order valence-electron chi connectivity index (χ2n) is 3.91. The van der Waals surface area contributed by atoms with Crippen molar-refractivity contribution >= 4 is 11.5 Å². The van der Waals surface area contributed by atoms with Crippen molar-refractivity contribution in [3.63, 3.8) is 0 Å². The van der Waals surface area contributed by atoms with Gasteiger partial charge in [0, 0.05) is 31.0 Å². The normalized spacial score (nSPS) is 10.3. The molecule has 4 heteroatoms. The molecule has 0 fully saturated rings. The number of benzene rings is 1. The number of hydrogen-bond acceptors (Lipinski definition) is 4. The predicted octanol–water partition coefficient (Wildman–Crippen LogP) is 2.01. The third kappa shape index (κ3) is 2.42. The van der Waals surface area contributed by atoms with Crippen molar-refractivity contribution in [2.75, 3.05) is 11.9 Å². The number of hydrogen-bond donors (Lipinski definition) is 1. The minimum absolute atomic E-state index is 0.518.